The van der Waals surface area contributed by atoms with Crippen molar-refractivity contribution in [3.8, 4) is 0 Å². The van der Waals surface area contributed by atoms with Gasteiger partial charge in [-0.2, -0.15) is 0 Å². The Morgan fingerprint density at radius 1 is 1.09 bits per heavy atom. The lowest BCUT2D eigenvalue weighted by Crippen LogP contribution is -2.32. The Balaban J connectivity index is 1.38. The molecule has 0 radical (unpaired) electrons. The Bertz CT molecular complexity index is 1060. The van der Waals surface area contributed by atoms with Crippen LogP contribution in [-0.2, 0) is 14.4 Å². The van der Waals surface area contributed by atoms with Crippen molar-refractivity contribution in [1.82, 2.24) is 0 Å². The highest BCUT2D eigenvalue weighted by atomic mass is 35.5. The third-order valence-corrected chi connectivity index (χ3v) is 7.13. The van der Waals surface area contributed by atoms with Gasteiger partial charge in [0.1, 0.15) is 5.82 Å². The molecule has 32 heavy (non-hydrogen) atoms. The molecule has 2 aromatic carbocycles. The number of benzene rings is 2. The van der Waals surface area contributed by atoms with Crippen molar-refractivity contribution in [2.24, 2.45) is 5.92 Å². The van der Waals surface area contributed by atoms with E-state index >= 15 is 0 Å². The van der Waals surface area contributed by atoms with E-state index in [1.807, 2.05) is 0 Å². The summed E-state index contributed by atoms with van der Waals surface area (Å²) in [5.41, 5.74) is 1.01. The Kier molecular flexibility index (Phi) is 7.01. The van der Waals surface area contributed by atoms with Crippen LogP contribution in [0.2, 0.25) is 5.02 Å². The molecule has 1 heterocycles. The largest absolute Gasteiger partial charge is 0.326 e. The molecule has 168 valence electrons. The van der Waals surface area contributed by atoms with Gasteiger partial charge in [-0.25, -0.2) is 4.39 Å². The van der Waals surface area contributed by atoms with Gasteiger partial charge in [0.25, 0.3) is 0 Å². The number of hydrogen-bond acceptors (Lipinski definition) is 4. The van der Waals surface area contributed by atoms with E-state index in [4.69, 9.17) is 11.6 Å². The van der Waals surface area contributed by atoms with E-state index in [9.17, 15) is 18.8 Å². The molecule has 1 atom stereocenters. The lowest BCUT2D eigenvalue weighted by molar-refractivity contribution is -0.120. The first kappa shape index (κ1) is 22.6. The first-order valence-corrected chi connectivity index (χ1v) is 11.8. The molecule has 1 fully saturated rings. The van der Waals surface area contributed by atoms with E-state index in [0.717, 1.165) is 37.0 Å². The predicted octanol–water partition coefficient (Wildman–Crippen LogP) is 5.44. The van der Waals surface area contributed by atoms with Crippen molar-refractivity contribution < 1.29 is 18.8 Å². The first-order chi connectivity index (χ1) is 15.4. The normalized spacial score (nSPS) is 18.4. The SMILES string of the molecule is O=C(CC1Sc2ccc(Cl)cc2NC1=O)Nc1ccc(F)c(NC(=O)C2CCCCC2)c1. The molecule has 1 unspecified atom stereocenters. The van der Waals surface area contributed by atoms with Crippen molar-refractivity contribution in [2.75, 3.05) is 16.0 Å². The lowest BCUT2D eigenvalue weighted by Gasteiger charge is -2.24. The van der Waals surface area contributed by atoms with E-state index in [1.54, 1.807) is 18.2 Å². The van der Waals surface area contributed by atoms with E-state index in [-0.39, 0.29) is 35.7 Å². The number of hydrogen-bond donors (Lipinski definition) is 3. The summed E-state index contributed by atoms with van der Waals surface area (Å²) in [6, 6.07) is 9.22. The molecule has 3 N–H and O–H groups in total. The van der Waals surface area contributed by atoms with E-state index in [2.05, 4.69) is 16.0 Å². The van der Waals surface area contributed by atoms with Gasteiger partial charge in [0.15, 0.2) is 0 Å². The molecular formula is C23H23ClFN3O3S. The van der Waals surface area contributed by atoms with Crippen molar-refractivity contribution in [3.05, 3.63) is 47.2 Å². The fourth-order valence-electron chi connectivity index (χ4n) is 3.94. The molecule has 2 aliphatic rings. The van der Waals surface area contributed by atoms with Gasteiger partial charge in [0, 0.05) is 27.9 Å². The summed E-state index contributed by atoms with van der Waals surface area (Å²) in [5.74, 6) is -1.53. The van der Waals surface area contributed by atoms with Gasteiger partial charge >= 0.3 is 0 Å². The summed E-state index contributed by atoms with van der Waals surface area (Å²) < 4.78 is 14.2. The van der Waals surface area contributed by atoms with Crippen molar-refractivity contribution in [3.63, 3.8) is 0 Å². The number of amides is 3. The summed E-state index contributed by atoms with van der Waals surface area (Å²) in [6.45, 7) is 0. The fourth-order valence-corrected chi connectivity index (χ4v) is 5.20. The zero-order chi connectivity index (χ0) is 22.7. The Morgan fingerprint density at radius 2 is 1.88 bits per heavy atom. The third kappa shape index (κ3) is 5.42. The maximum absolute atomic E-state index is 14.2. The van der Waals surface area contributed by atoms with Gasteiger partial charge in [0.2, 0.25) is 17.7 Å². The van der Waals surface area contributed by atoms with Crippen LogP contribution in [0.1, 0.15) is 38.5 Å². The molecule has 0 saturated heterocycles. The quantitative estimate of drug-likeness (QED) is 0.537. The molecule has 2 aromatic rings. The monoisotopic (exact) mass is 475 g/mol. The zero-order valence-corrected chi connectivity index (χ0v) is 18.8. The van der Waals surface area contributed by atoms with Crippen molar-refractivity contribution >= 4 is 58.1 Å². The minimum absolute atomic E-state index is 0.0361. The Labute approximate surface area is 194 Å². The second kappa shape index (κ2) is 9.92. The summed E-state index contributed by atoms with van der Waals surface area (Å²) in [4.78, 5) is 38.2. The highest BCUT2D eigenvalue weighted by Gasteiger charge is 2.29. The van der Waals surface area contributed by atoms with Crippen LogP contribution in [-0.4, -0.2) is 23.0 Å². The van der Waals surface area contributed by atoms with Gasteiger partial charge in [-0.3, -0.25) is 14.4 Å². The van der Waals surface area contributed by atoms with Gasteiger partial charge in [-0.15, -0.1) is 11.8 Å². The van der Waals surface area contributed by atoms with Crippen molar-refractivity contribution in [1.29, 1.82) is 0 Å². The molecule has 1 saturated carbocycles. The number of anilines is 3. The number of halogens is 2. The second-order valence-electron chi connectivity index (χ2n) is 8.01. The number of carbonyl (C=O) groups is 3. The molecule has 0 aromatic heterocycles. The molecule has 3 amide bonds. The minimum atomic E-state index is -0.602. The van der Waals surface area contributed by atoms with Crippen LogP contribution < -0.4 is 16.0 Å². The minimum Gasteiger partial charge on any atom is -0.326 e. The van der Waals surface area contributed by atoms with Crippen LogP contribution >= 0.6 is 23.4 Å². The van der Waals surface area contributed by atoms with Gasteiger partial charge in [0.05, 0.1) is 16.6 Å². The van der Waals surface area contributed by atoms with Crippen LogP contribution in [0.25, 0.3) is 0 Å². The maximum atomic E-state index is 14.2. The molecule has 1 aliphatic carbocycles. The number of carbonyl (C=O) groups excluding carboxylic acids is 3. The number of thioether (sulfide) groups is 1. The van der Waals surface area contributed by atoms with Crippen molar-refractivity contribution in [2.45, 2.75) is 48.7 Å². The molecular weight excluding hydrogens is 453 g/mol. The maximum Gasteiger partial charge on any atom is 0.238 e. The molecule has 0 spiro atoms. The van der Waals surface area contributed by atoms with E-state index < -0.39 is 11.1 Å². The standard InChI is InChI=1S/C23H23ClFN3O3S/c24-14-6-9-19-18(10-14)28-23(31)20(32-19)12-21(29)26-15-7-8-16(25)17(11-15)27-22(30)13-4-2-1-3-5-13/h6-11,13,20H,1-5,12H2,(H,26,29)(H,27,30)(H,28,31). The fraction of sp³-hybridized carbons (Fsp3) is 0.348. The van der Waals surface area contributed by atoms with Crippen LogP contribution in [0, 0.1) is 11.7 Å². The van der Waals surface area contributed by atoms with E-state index in [0.29, 0.717) is 16.4 Å². The highest BCUT2D eigenvalue weighted by molar-refractivity contribution is 8.01. The molecule has 0 bridgehead atoms. The van der Waals surface area contributed by atoms with E-state index in [1.165, 1.54) is 30.0 Å². The van der Waals surface area contributed by atoms with Crippen LogP contribution in [0.15, 0.2) is 41.3 Å². The zero-order valence-electron chi connectivity index (χ0n) is 17.3. The summed E-state index contributed by atoms with van der Waals surface area (Å²) in [6.07, 6.45) is 4.68. The van der Waals surface area contributed by atoms with Crippen LogP contribution in [0.4, 0.5) is 21.5 Å². The van der Waals surface area contributed by atoms with Crippen LogP contribution in [0.3, 0.4) is 0 Å². The van der Waals surface area contributed by atoms with Gasteiger partial charge < -0.3 is 16.0 Å². The van der Waals surface area contributed by atoms with Gasteiger partial charge in [-0.1, -0.05) is 30.9 Å². The molecule has 9 heteroatoms. The average Bonchev–Trinajstić information content (AvgIpc) is 2.77. The highest BCUT2D eigenvalue weighted by Crippen LogP contribution is 2.38. The summed E-state index contributed by atoms with van der Waals surface area (Å²) >= 11 is 7.25. The molecule has 1 aliphatic heterocycles. The third-order valence-electron chi connectivity index (χ3n) is 5.62. The summed E-state index contributed by atoms with van der Waals surface area (Å²) in [7, 11) is 0. The molecule has 4 rings (SSSR count). The van der Waals surface area contributed by atoms with Crippen LogP contribution in [0.5, 0.6) is 0 Å². The predicted molar refractivity (Wildman–Crippen MR) is 125 cm³/mol. The topological polar surface area (TPSA) is 87.3 Å². The smallest absolute Gasteiger partial charge is 0.238 e. The number of rotatable bonds is 5. The average molecular weight is 476 g/mol. The lowest BCUT2D eigenvalue weighted by atomic mass is 9.88. The Hall–Kier alpha value is -2.58. The number of nitrogens with one attached hydrogen (secondary N) is 3. The first-order valence-electron chi connectivity index (χ1n) is 10.6. The molecule has 6 nitrogen and oxygen atoms in total. The second-order valence-corrected chi connectivity index (χ2v) is 9.69. The number of fused-ring (bicyclic) bond motifs is 1. The summed E-state index contributed by atoms with van der Waals surface area (Å²) in [5, 5.41) is 8.03. The van der Waals surface area contributed by atoms with Gasteiger partial charge in [-0.05, 0) is 49.2 Å². The Morgan fingerprint density at radius 3 is 2.66 bits per heavy atom.